The molecule has 2 heteroatoms. The van der Waals surface area contributed by atoms with E-state index in [1.807, 2.05) is 0 Å². The van der Waals surface area contributed by atoms with Gasteiger partial charge < -0.3 is 0 Å². The Labute approximate surface area is 72.7 Å². The van der Waals surface area contributed by atoms with Crippen LogP contribution >= 0.6 is 11.6 Å². The number of rotatable bonds is 2. The van der Waals surface area contributed by atoms with Crippen molar-refractivity contribution in [2.75, 3.05) is 4.78 Å². The number of hydrogen-bond donors (Lipinski definition) is 0. The summed E-state index contributed by atoms with van der Waals surface area (Å²) < 4.78 is 2.20. The van der Waals surface area contributed by atoms with Gasteiger partial charge in [-0.2, -0.15) is 0 Å². The fraction of sp³-hybridized carbons (Fsp3) is 0.250. The van der Waals surface area contributed by atoms with Crippen LogP contribution in [0.5, 0.6) is 0 Å². The van der Waals surface area contributed by atoms with E-state index in [-0.39, 0.29) is 0 Å². The van der Waals surface area contributed by atoms with Crippen molar-refractivity contribution in [3.8, 4) is 0 Å². The van der Waals surface area contributed by atoms with Crippen molar-refractivity contribution in [2.45, 2.75) is 6.92 Å². The minimum absolute atomic E-state index is 0.465. The zero-order valence-electron chi connectivity index (χ0n) is 5.80. The van der Waals surface area contributed by atoms with E-state index in [9.17, 15) is 0 Å². The molecule has 0 amide bonds. The summed E-state index contributed by atoms with van der Waals surface area (Å²) in [6.07, 6.45) is 0. The molecule has 0 radical (unpaired) electrons. The van der Waals surface area contributed by atoms with E-state index in [0.717, 1.165) is 4.78 Å². The molecule has 0 saturated heterocycles. The van der Waals surface area contributed by atoms with E-state index in [4.69, 9.17) is 11.6 Å². The summed E-state index contributed by atoms with van der Waals surface area (Å²) in [5.41, 5.74) is 1.36. The Bertz CT molecular complexity index is 210. The second-order valence-corrected chi connectivity index (χ2v) is 5.14. The predicted molar refractivity (Wildman–Crippen MR) is 47.3 cm³/mol. The fourth-order valence-corrected chi connectivity index (χ4v) is 2.62. The third-order valence-electron chi connectivity index (χ3n) is 1.30. The van der Waals surface area contributed by atoms with E-state index in [0.29, 0.717) is 15.0 Å². The molecule has 0 unspecified atom stereocenters. The first kappa shape index (κ1) is 8.13. The molecule has 0 aliphatic carbocycles. The van der Waals surface area contributed by atoms with Crippen LogP contribution in [0, 0.1) is 6.92 Å². The third-order valence-corrected chi connectivity index (χ3v) is 3.71. The molecule has 0 aliphatic rings. The summed E-state index contributed by atoms with van der Waals surface area (Å²) in [6.45, 7) is 2.13. The van der Waals surface area contributed by atoms with Gasteiger partial charge in [0.05, 0.1) is 0 Å². The topological polar surface area (TPSA) is 0 Å². The summed E-state index contributed by atoms with van der Waals surface area (Å²) in [7, 11) is 0. The summed E-state index contributed by atoms with van der Waals surface area (Å²) in [4.78, 5) is 0. The molecule has 1 aromatic rings. The normalized spacial score (nSPS) is 9.80. The van der Waals surface area contributed by atoms with Gasteiger partial charge >= 0.3 is 72.6 Å². The molecule has 0 bridgehead atoms. The summed E-state index contributed by atoms with van der Waals surface area (Å²) in [5, 5.41) is 0. The molecular formula is C8H9ClSe. The van der Waals surface area contributed by atoms with E-state index in [1.54, 1.807) is 0 Å². The van der Waals surface area contributed by atoms with Crippen molar-refractivity contribution in [3.63, 3.8) is 0 Å². The molecule has 0 aliphatic heterocycles. The molecular weight excluding hydrogens is 211 g/mol. The van der Waals surface area contributed by atoms with Gasteiger partial charge in [0, 0.05) is 0 Å². The zero-order chi connectivity index (χ0) is 7.40. The standard InChI is InChI=1S/C8H9ClSe/c1-7-4-2-3-5-8(7)10-6-9/h2-5H,6H2,1H3. The molecule has 54 valence electrons. The van der Waals surface area contributed by atoms with Crippen LogP contribution in [0.2, 0.25) is 0 Å². The van der Waals surface area contributed by atoms with Crippen molar-refractivity contribution in [1.82, 2.24) is 0 Å². The van der Waals surface area contributed by atoms with Gasteiger partial charge in [0.15, 0.2) is 0 Å². The first-order valence-electron chi connectivity index (χ1n) is 3.09. The average molecular weight is 220 g/mol. The number of benzene rings is 1. The molecule has 0 nitrogen and oxygen atoms in total. The molecule has 0 aromatic heterocycles. The molecule has 10 heavy (non-hydrogen) atoms. The average Bonchev–Trinajstić information content (AvgIpc) is 1.94. The molecule has 0 N–H and O–H groups in total. The van der Waals surface area contributed by atoms with Crippen molar-refractivity contribution >= 4 is 31.0 Å². The van der Waals surface area contributed by atoms with E-state index >= 15 is 0 Å². The van der Waals surface area contributed by atoms with Crippen LogP contribution in [0.15, 0.2) is 24.3 Å². The molecule has 0 heterocycles. The minimum atomic E-state index is 0.465. The number of alkyl halides is 1. The second kappa shape index (κ2) is 4.02. The Kier molecular flexibility index (Phi) is 3.27. The van der Waals surface area contributed by atoms with Gasteiger partial charge in [0.25, 0.3) is 0 Å². The Morgan fingerprint density at radius 1 is 1.40 bits per heavy atom. The predicted octanol–water partition coefficient (Wildman–Crippen LogP) is 1.52. The van der Waals surface area contributed by atoms with Gasteiger partial charge in [-0.25, -0.2) is 0 Å². The van der Waals surface area contributed by atoms with Gasteiger partial charge in [-0.3, -0.25) is 0 Å². The van der Waals surface area contributed by atoms with Crippen molar-refractivity contribution in [2.24, 2.45) is 0 Å². The van der Waals surface area contributed by atoms with E-state index < -0.39 is 0 Å². The van der Waals surface area contributed by atoms with Crippen LogP contribution < -0.4 is 4.46 Å². The first-order valence-corrected chi connectivity index (χ1v) is 5.69. The maximum absolute atomic E-state index is 5.64. The second-order valence-electron chi connectivity index (χ2n) is 2.02. The molecule has 0 atom stereocenters. The maximum atomic E-state index is 5.64. The molecule has 1 rings (SSSR count). The first-order chi connectivity index (χ1) is 4.84. The van der Waals surface area contributed by atoms with E-state index in [1.165, 1.54) is 10.0 Å². The Morgan fingerprint density at radius 2 is 2.10 bits per heavy atom. The number of hydrogen-bond acceptors (Lipinski definition) is 0. The van der Waals surface area contributed by atoms with Crippen LogP contribution in [0.1, 0.15) is 5.56 Å². The Hall–Kier alpha value is 0.0295. The molecule has 0 spiro atoms. The zero-order valence-corrected chi connectivity index (χ0v) is 8.27. The van der Waals surface area contributed by atoms with Crippen LogP contribution in [0.3, 0.4) is 0 Å². The summed E-state index contributed by atoms with van der Waals surface area (Å²) >= 11 is 6.10. The third kappa shape index (κ3) is 2.02. The van der Waals surface area contributed by atoms with Crippen molar-refractivity contribution in [3.05, 3.63) is 29.8 Å². The van der Waals surface area contributed by atoms with Gasteiger partial charge in [-0.05, 0) is 0 Å². The van der Waals surface area contributed by atoms with Crippen LogP contribution in [-0.4, -0.2) is 19.7 Å². The molecule has 0 fully saturated rings. The fourth-order valence-electron chi connectivity index (χ4n) is 0.777. The van der Waals surface area contributed by atoms with Crippen molar-refractivity contribution in [1.29, 1.82) is 0 Å². The monoisotopic (exact) mass is 220 g/mol. The van der Waals surface area contributed by atoms with Gasteiger partial charge in [0.1, 0.15) is 0 Å². The van der Waals surface area contributed by atoms with Gasteiger partial charge in [-0.1, -0.05) is 0 Å². The molecule has 1 aromatic carbocycles. The van der Waals surface area contributed by atoms with Gasteiger partial charge in [-0.15, -0.1) is 0 Å². The Balaban J connectivity index is 2.81. The van der Waals surface area contributed by atoms with Crippen LogP contribution in [-0.2, 0) is 0 Å². The number of aryl methyl sites for hydroxylation is 1. The SMILES string of the molecule is Cc1ccccc1[Se]CCl. The number of halogens is 1. The summed E-state index contributed by atoms with van der Waals surface area (Å²) in [6, 6.07) is 8.40. The quantitative estimate of drug-likeness (QED) is 0.523. The van der Waals surface area contributed by atoms with Crippen LogP contribution in [0.4, 0.5) is 0 Å². The molecule has 0 saturated carbocycles. The van der Waals surface area contributed by atoms with Gasteiger partial charge in [0.2, 0.25) is 0 Å². The van der Waals surface area contributed by atoms with Crippen molar-refractivity contribution < 1.29 is 0 Å². The van der Waals surface area contributed by atoms with E-state index in [2.05, 4.69) is 31.2 Å². The summed E-state index contributed by atoms with van der Waals surface area (Å²) in [5.74, 6) is 0. The van der Waals surface area contributed by atoms with Crippen LogP contribution in [0.25, 0.3) is 0 Å². The Morgan fingerprint density at radius 3 is 2.70 bits per heavy atom.